The highest BCUT2D eigenvalue weighted by Gasteiger charge is 2.22. The number of nitriles is 1. The Labute approximate surface area is 161 Å². The molecule has 2 aromatic carbocycles. The number of nitrogens with zero attached hydrogens (tertiary/aromatic N) is 1. The maximum atomic E-state index is 13.8. The van der Waals surface area contributed by atoms with Crippen LogP contribution in [0.5, 0.6) is 0 Å². The monoisotopic (exact) mass is 387 g/mol. The fraction of sp³-hybridized carbons (Fsp3) is 0.250. The summed E-state index contributed by atoms with van der Waals surface area (Å²) in [5, 5.41) is 13.3. The molecule has 2 N–H and O–H groups in total. The van der Waals surface area contributed by atoms with E-state index in [0.29, 0.717) is 0 Å². The van der Waals surface area contributed by atoms with E-state index >= 15 is 0 Å². The largest absolute Gasteiger partial charge is 0.445 e. The number of hydrogen-bond donors (Lipinski definition) is 2. The topological polar surface area (TPSA) is 91.2 Å². The number of alkyl carbamates (subject to hydrolysis) is 1. The Morgan fingerprint density at radius 1 is 1.14 bits per heavy atom. The first kappa shape index (κ1) is 20.8. The van der Waals surface area contributed by atoms with Gasteiger partial charge in [-0.2, -0.15) is 5.26 Å². The van der Waals surface area contributed by atoms with Crippen LogP contribution >= 0.6 is 0 Å². The van der Waals surface area contributed by atoms with Gasteiger partial charge in [0.05, 0.1) is 6.07 Å². The molecule has 0 aliphatic rings. The van der Waals surface area contributed by atoms with Crippen LogP contribution in [0.4, 0.5) is 13.6 Å². The summed E-state index contributed by atoms with van der Waals surface area (Å²) < 4.78 is 32.1. The molecule has 146 valence electrons. The van der Waals surface area contributed by atoms with Crippen molar-refractivity contribution in [3.05, 3.63) is 71.3 Å². The zero-order chi connectivity index (χ0) is 20.4. The van der Waals surface area contributed by atoms with Crippen molar-refractivity contribution in [2.45, 2.75) is 25.5 Å². The van der Waals surface area contributed by atoms with E-state index in [4.69, 9.17) is 10.00 Å². The highest BCUT2D eigenvalue weighted by Crippen LogP contribution is 2.13. The second kappa shape index (κ2) is 10.6. The minimum atomic E-state index is -1.07. The van der Waals surface area contributed by atoms with E-state index in [1.165, 1.54) is 0 Å². The van der Waals surface area contributed by atoms with E-state index in [0.717, 1.165) is 23.8 Å². The minimum Gasteiger partial charge on any atom is -0.445 e. The van der Waals surface area contributed by atoms with Crippen LogP contribution in [0.15, 0.2) is 48.5 Å². The van der Waals surface area contributed by atoms with Gasteiger partial charge < -0.3 is 15.4 Å². The minimum absolute atomic E-state index is 0.00191. The molecule has 0 radical (unpaired) electrons. The molecule has 1 unspecified atom stereocenters. The number of carbonyl (C=O) groups excluding carboxylic acids is 2. The second-order valence-electron chi connectivity index (χ2n) is 5.91. The third kappa shape index (κ3) is 6.68. The van der Waals surface area contributed by atoms with Crippen molar-refractivity contribution in [1.29, 1.82) is 5.26 Å². The standard InChI is InChI=1S/C20H19F2N3O3/c21-16-7-8-17(22)15(12-16)6-9-18(19(26)24-11-10-23)25-20(27)28-13-14-4-2-1-3-5-14/h1-5,7-8,12,18H,6,9,11,13H2,(H,24,26)(H,25,27). The zero-order valence-electron chi connectivity index (χ0n) is 15.0. The molecule has 2 amide bonds. The normalized spacial score (nSPS) is 11.2. The molecular formula is C20H19F2N3O3. The Morgan fingerprint density at radius 2 is 1.89 bits per heavy atom. The van der Waals surface area contributed by atoms with Crippen LogP contribution in [0.1, 0.15) is 17.5 Å². The summed E-state index contributed by atoms with van der Waals surface area (Å²) in [5.41, 5.74) is 0.850. The summed E-state index contributed by atoms with van der Waals surface area (Å²) in [5.74, 6) is -1.82. The number of halogens is 2. The summed E-state index contributed by atoms with van der Waals surface area (Å²) in [6, 6.07) is 12.7. The third-order valence-electron chi connectivity index (χ3n) is 3.87. The maximum absolute atomic E-state index is 13.8. The average Bonchev–Trinajstić information content (AvgIpc) is 2.70. The summed E-state index contributed by atoms with van der Waals surface area (Å²) >= 11 is 0. The first-order chi connectivity index (χ1) is 13.5. The van der Waals surface area contributed by atoms with Crippen molar-refractivity contribution in [3.8, 4) is 6.07 Å². The lowest BCUT2D eigenvalue weighted by Crippen LogP contribution is -2.47. The van der Waals surface area contributed by atoms with Crippen molar-refractivity contribution in [1.82, 2.24) is 10.6 Å². The molecule has 28 heavy (non-hydrogen) atoms. The Hall–Kier alpha value is -3.47. The van der Waals surface area contributed by atoms with E-state index in [1.54, 1.807) is 30.3 Å². The molecule has 0 saturated carbocycles. The van der Waals surface area contributed by atoms with Crippen LogP contribution in [0.25, 0.3) is 0 Å². The van der Waals surface area contributed by atoms with E-state index in [2.05, 4.69) is 10.6 Å². The summed E-state index contributed by atoms with van der Waals surface area (Å²) in [6.45, 7) is -0.234. The van der Waals surface area contributed by atoms with Gasteiger partial charge in [-0.1, -0.05) is 30.3 Å². The number of amides is 2. The second-order valence-corrected chi connectivity index (χ2v) is 5.91. The lowest BCUT2D eigenvalue weighted by atomic mass is 10.0. The summed E-state index contributed by atoms with van der Waals surface area (Å²) in [6.07, 6.45) is -0.827. The molecular weight excluding hydrogens is 368 g/mol. The molecule has 0 heterocycles. The molecule has 0 fully saturated rings. The number of nitrogens with one attached hydrogen (secondary N) is 2. The molecule has 0 bridgehead atoms. The fourth-order valence-electron chi connectivity index (χ4n) is 2.46. The van der Waals surface area contributed by atoms with Gasteiger partial charge in [0.15, 0.2) is 0 Å². The van der Waals surface area contributed by atoms with Gasteiger partial charge >= 0.3 is 6.09 Å². The van der Waals surface area contributed by atoms with Gasteiger partial charge in [-0.3, -0.25) is 4.79 Å². The van der Waals surface area contributed by atoms with Crippen LogP contribution in [0, 0.1) is 23.0 Å². The van der Waals surface area contributed by atoms with Crippen molar-refractivity contribution in [2.75, 3.05) is 6.54 Å². The molecule has 2 rings (SSSR count). The van der Waals surface area contributed by atoms with Crippen LogP contribution < -0.4 is 10.6 Å². The quantitative estimate of drug-likeness (QED) is 0.682. The molecule has 2 aromatic rings. The average molecular weight is 387 g/mol. The molecule has 0 spiro atoms. The van der Waals surface area contributed by atoms with E-state index in [9.17, 15) is 18.4 Å². The van der Waals surface area contributed by atoms with Gasteiger partial charge in [-0.25, -0.2) is 13.6 Å². The van der Waals surface area contributed by atoms with Gasteiger partial charge in [0.2, 0.25) is 5.91 Å². The molecule has 6 nitrogen and oxygen atoms in total. The van der Waals surface area contributed by atoms with E-state index < -0.39 is 29.7 Å². The number of carbonyl (C=O) groups is 2. The van der Waals surface area contributed by atoms with Gasteiger partial charge in [0.25, 0.3) is 0 Å². The summed E-state index contributed by atoms with van der Waals surface area (Å²) in [4.78, 5) is 24.2. The first-order valence-corrected chi connectivity index (χ1v) is 8.55. The Kier molecular flexibility index (Phi) is 7.91. The Morgan fingerprint density at radius 3 is 2.61 bits per heavy atom. The number of rotatable bonds is 8. The van der Waals surface area contributed by atoms with Crippen molar-refractivity contribution in [2.24, 2.45) is 0 Å². The van der Waals surface area contributed by atoms with Crippen molar-refractivity contribution < 1.29 is 23.1 Å². The maximum Gasteiger partial charge on any atom is 0.408 e. The van der Waals surface area contributed by atoms with Gasteiger partial charge in [-0.15, -0.1) is 0 Å². The molecule has 8 heteroatoms. The van der Waals surface area contributed by atoms with E-state index in [-0.39, 0.29) is 31.6 Å². The molecule has 0 saturated heterocycles. The van der Waals surface area contributed by atoms with Gasteiger partial charge in [0.1, 0.15) is 30.8 Å². The fourth-order valence-corrected chi connectivity index (χ4v) is 2.46. The first-order valence-electron chi connectivity index (χ1n) is 8.55. The number of ether oxygens (including phenoxy) is 1. The van der Waals surface area contributed by atoms with Gasteiger partial charge in [-0.05, 0) is 42.2 Å². The van der Waals surface area contributed by atoms with Crippen LogP contribution in [0.3, 0.4) is 0 Å². The van der Waals surface area contributed by atoms with Crippen LogP contribution in [0.2, 0.25) is 0 Å². The lowest BCUT2D eigenvalue weighted by Gasteiger charge is -2.18. The zero-order valence-corrected chi connectivity index (χ0v) is 15.0. The predicted molar refractivity (Wildman–Crippen MR) is 96.9 cm³/mol. The highest BCUT2D eigenvalue weighted by molar-refractivity contribution is 5.85. The van der Waals surface area contributed by atoms with Crippen LogP contribution in [-0.4, -0.2) is 24.6 Å². The molecule has 1 atom stereocenters. The lowest BCUT2D eigenvalue weighted by molar-refractivity contribution is -0.123. The number of hydrogen-bond acceptors (Lipinski definition) is 4. The van der Waals surface area contributed by atoms with Crippen LogP contribution in [-0.2, 0) is 22.6 Å². The smallest absolute Gasteiger partial charge is 0.408 e. The third-order valence-corrected chi connectivity index (χ3v) is 3.87. The Balaban J connectivity index is 1.97. The summed E-state index contributed by atoms with van der Waals surface area (Å²) in [7, 11) is 0. The van der Waals surface area contributed by atoms with Crippen molar-refractivity contribution >= 4 is 12.0 Å². The molecule has 0 aromatic heterocycles. The number of aryl methyl sites for hydroxylation is 1. The SMILES string of the molecule is N#CCNC(=O)C(CCc1cc(F)ccc1F)NC(=O)OCc1ccccc1. The van der Waals surface area contributed by atoms with Crippen molar-refractivity contribution in [3.63, 3.8) is 0 Å². The Bertz CT molecular complexity index is 854. The molecule has 0 aliphatic heterocycles. The molecule has 0 aliphatic carbocycles. The number of benzene rings is 2. The van der Waals surface area contributed by atoms with Gasteiger partial charge in [0, 0.05) is 0 Å². The van der Waals surface area contributed by atoms with E-state index in [1.807, 2.05) is 6.07 Å². The predicted octanol–water partition coefficient (Wildman–Crippen LogP) is 2.83. The highest BCUT2D eigenvalue weighted by atomic mass is 19.1.